The molecule has 0 aliphatic heterocycles. The van der Waals surface area contributed by atoms with Crippen LogP contribution in [0.2, 0.25) is 0 Å². The third-order valence-corrected chi connectivity index (χ3v) is 3.15. The van der Waals surface area contributed by atoms with Crippen molar-refractivity contribution in [3.05, 3.63) is 52.8 Å². The zero-order chi connectivity index (χ0) is 13.8. The van der Waals surface area contributed by atoms with Crippen LogP contribution in [-0.4, -0.2) is 15.7 Å². The minimum absolute atomic E-state index is 0.248. The fourth-order valence-corrected chi connectivity index (χ4v) is 2.20. The Balaban J connectivity index is 2.36. The number of aryl methyl sites for hydroxylation is 1. The molecule has 0 aliphatic carbocycles. The molecule has 0 fully saturated rings. The molecule has 0 atom stereocenters. The van der Waals surface area contributed by atoms with Crippen molar-refractivity contribution in [2.45, 2.75) is 33.2 Å². The lowest BCUT2D eigenvalue weighted by molar-refractivity contribution is -0.255. The lowest BCUT2D eigenvalue weighted by Gasteiger charge is -2.06. The summed E-state index contributed by atoms with van der Waals surface area (Å²) < 4.78 is 1.74. The molecule has 0 amide bonds. The van der Waals surface area contributed by atoms with E-state index >= 15 is 0 Å². The predicted molar refractivity (Wildman–Crippen MR) is 70.8 cm³/mol. The summed E-state index contributed by atoms with van der Waals surface area (Å²) in [5.41, 5.74) is 2.63. The Labute approximate surface area is 112 Å². The topological polar surface area (TPSA) is 58.0 Å². The van der Waals surface area contributed by atoms with Crippen LogP contribution in [0, 0.1) is 6.92 Å². The van der Waals surface area contributed by atoms with Crippen LogP contribution in [0.5, 0.6) is 0 Å². The van der Waals surface area contributed by atoms with E-state index in [0.717, 1.165) is 12.0 Å². The first-order chi connectivity index (χ1) is 9.13. The van der Waals surface area contributed by atoms with Crippen LogP contribution in [0.25, 0.3) is 0 Å². The van der Waals surface area contributed by atoms with Crippen LogP contribution in [0.3, 0.4) is 0 Å². The Morgan fingerprint density at radius 1 is 1.32 bits per heavy atom. The first-order valence-electron chi connectivity index (χ1n) is 6.45. The molecule has 0 aliphatic rings. The Bertz CT molecular complexity index is 573. The molecule has 1 heterocycles. The number of aromatic nitrogens is 2. The highest BCUT2D eigenvalue weighted by atomic mass is 16.4. The van der Waals surface area contributed by atoms with E-state index in [9.17, 15) is 9.90 Å². The van der Waals surface area contributed by atoms with Crippen LogP contribution in [0.4, 0.5) is 0 Å². The van der Waals surface area contributed by atoms with Gasteiger partial charge in [-0.05, 0) is 18.9 Å². The number of rotatable bonds is 5. The van der Waals surface area contributed by atoms with Gasteiger partial charge in [0.15, 0.2) is 0 Å². The van der Waals surface area contributed by atoms with Crippen LogP contribution in [0.15, 0.2) is 30.3 Å². The molecule has 2 rings (SSSR count). The highest BCUT2D eigenvalue weighted by Gasteiger charge is 2.14. The summed E-state index contributed by atoms with van der Waals surface area (Å²) in [6, 6.07) is 9.87. The van der Waals surface area contributed by atoms with Gasteiger partial charge in [-0.1, -0.05) is 43.7 Å². The Hall–Kier alpha value is -2.10. The minimum atomic E-state index is -1.14. The summed E-state index contributed by atoms with van der Waals surface area (Å²) in [5, 5.41) is 15.6. The maximum absolute atomic E-state index is 11.2. The van der Waals surface area contributed by atoms with E-state index in [-0.39, 0.29) is 5.56 Å². The van der Waals surface area contributed by atoms with Crippen molar-refractivity contribution in [1.29, 1.82) is 0 Å². The number of carboxylic acid groups (broad SMARTS) is 1. The number of nitrogens with zero attached hydrogens (tertiary/aromatic N) is 2. The SMILES string of the molecule is CCCc1nn(Cc2ccccc2)c(C)c1C(=O)[O-]. The second-order valence-corrected chi connectivity index (χ2v) is 4.59. The smallest absolute Gasteiger partial charge is 0.0752 e. The van der Waals surface area contributed by atoms with Crippen molar-refractivity contribution in [3.63, 3.8) is 0 Å². The highest BCUT2D eigenvalue weighted by molar-refractivity contribution is 5.88. The zero-order valence-electron chi connectivity index (χ0n) is 11.2. The van der Waals surface area contributed by atoms with Crippen LogP contribution >= 0.6 is 0 Å². The fourth-order valence-electron chi connectivity index (χ4n) is 2.20. The number of hydrogen-bond donors (Lipinski definition) is 0. The molecule has 2 aromatic rings. The number of carbonyl (C=O) groups excluding carboxylic acids is 1. The molecule has 100 valence electrons. The summed E-state index contributed by atoms with van der Waals surface area (Å²) in [6.07, 6.45) is 1.52. The second-order valence-electron chi connectivity index (χ2n) is 4.59. The second kappa shape index (κ2) is 5.69. The van der Waals surface area contributed by atoms with E-state index in [1.54, 1.807) is 11.6 Å². The van der Waals surface area contributed by atoms with Gasteiger partial charge in [-0.2, -0.15) is 5.10 Å². The third-order valence-electron chi connectivity index (χ3n) is 3.15. The summed E-state index contributed by atoms with van der Waals surface area (Å²) in [5.74, 6) is -1.14. The largest absolute Gasteiger partial charge is 0.545 e. The number of carbonyl (C=O) groups is 1. The Morgan fingerprint density at radius 2 is 2.00 bits per heavy atom. The van der Waals surface area contributed by atoms with Crippen LogP contribution < -0.4 is 5.11 Å². The van der Waals surface area contributed by atoms with Gasteiger partial charge in [0.1, 0.15) is 0 Å². The molecule has 0 saturated heterocycles. The minimum Gasteiger partial charge on any atom is -0.545 e. The van der Waals surface area contributed by atoms with Gasteiger partial charge in [-0.25, -0.2) is 0 Å². The van der Waals surface area contributed by atoms with E-state index < -0.39 is 5.97 Å². The van der Waals surface area contributed by atoms with Gasteiger partial charge in [0.2, 0.25) is 0 Å². The van der Waals surface area contributed by atoms with Crippen molar-refractivity contribution in [1.82, 2.24) is 9.78 Å². The molecular weight excluding hydrogens is 240 g/mol. The van der Waals surface area contributed by atoms with Crippen LogP contribution in [-0.2, 0) is 13.0 Å². The summed E-state index contributed by atoms with van der Waals surface area (Å²) >= 11 is 0. The van der Waals surface area contributed by atoms with Gasteiger partial charge in [0, 0.05) is 11.3 Å². The van der Waals surface area contributed by atoms with Gasteiger partial charge in [-0.15, -0.1) is 0 Å². The lowest BCUT2D eigenvalue weighted by Crippen LogP contribution is -2.24. The quantitative estimate of drug-likeness (QED) is 0.816. The maximum atomic E-state index is 11.2. The standard InChI is InChI=1S/C15H18N2O2/c1-3-7-13-14(15(18)19)11(2)17(16-13)10-12-8-5-4-6-9-12/h4-6,8-9H,3,7,10H2,1-2H3,(H,18,19)/p-1. The van der Waals surface area contributed by atoms with Crippen molar-refractivity contribution in [3.8, 4) is 0 Å². The first-order valence-corrected chi connectivity index (χ1v) is 6.45. The van der Waals surface area contributed by atoms with Crippen molar-refractivity contribution in [2.75, 3.05) is 0 Å². The molecule has 0 spiro atoms. The summed E-state index contributed by atoms with van der Waals surface area (Å²) in [7, 11) is 0. The fraction of sp³-hybridized carbons (Fsp3) is 0.333. The van der Waals surface area contributed by atoms with Crippen molar-refractivity contribution in [2.24, 2.45) is 0 Å². The molecule has 1 aromatic heterocycles. The molecular formula is C15H17N2O2-. The zero-order valence-corrected chi connectivity index (χ0v) is 11.2. The molecule has 4 heteroatoms. The van der Waals surface area contributed by atoms with Gasteiger partial charge < -0.3 is 9.90 Å². The molecule has 0 bridgehead atoms. The molecule has 0 unspecified atom stereocenters. The van der Waals surface area contributed by atoms with E-state index in [4.69, 9.17) is 0 Å². The molecule has 0 saturated carbocycles. The molecule has 0 N–H and O–H groups in total. The Morgan fingerprint density at radius 3 is 2.58 bits per heavy atom. The maximum Gasteiger partial charge on any atom is 0.0752 e. The highest BCUT2D eigenvalue weighted by Crippen LogP contribution is 2.16. The van der Waals surface area contributed by atoms with Gasteiger partial charge in [-0.3, -0.25) is 4.68 Å². The van der Waals surface area contributed by atoms with E-state index in [0.29, 0.717) is 24.4 Å². The number of hydrogen-bond acceptors (Lipinski definition) is 3. The number of aromatic carboxylic acids is 1. The van der Waals surface area contributed by atoms with E-state index in [1.165, 1.54) is 0 Å². The predicted octanol–water partition coefficient (Wildman–Crippen LogP) is 1.56. The average molecular weight is 257 g/mol. The van der Waals surface area contributed by atoms with Gasteiger partial charge in [0.05, 0.1) is 18.2 Å². The van der Waals surface area contributed by atoms with E-state index in [1.807, 2.05) is 37.3 Å². The van der Waals surface area contributed by atoms with E-state index in [2.05, 4.69) is 5.10 Å². The third kappa shape index (κ3) is 2.84. The first kappa shape index (κ1) is 13.3. The van der Waals surface area contributed by atoms with Crippen molar-refractivity contribution < 1.29 is 9.90 Å². The molecule has 19 heavy (non-hydrogen) atoms. The summed E-state index contributed by atoms with van der Waals surface area (Å²) in [4.78, 5) is 11.2. The normalized spacial score (nSPS) is 10.6. The molecule has 1 aromatic carbocycles. The van der Waals surface area contributed by atoms with Gasteiger partial charge >= 0.3 is 0 Å². The molecule has 0 radical (unpaired) electrons. The lowest BCUT2D eigenvalue weighted by atomic mass is 10.1. The number of benzene rings is 1. The van der Waals surface area contributed by atoms with Crippen molar-refractivity contribution >= 4 is 5.97 Å². The van der Waals surface area contributed by atoms with Gasteiger partial charge in [0.25, 0.3) is 0 Å². The molecule has 4 nitrogen and oxygen atoms in total. The Kier molecular flexibility index (Phi) is 4.00. The number of carboxylic acids is 1. The monoisotopic (exact) mass is 257 g/mol. The average Bonchev–Trinajstić information content (AvgIpc) is 2.68. The summed E-state index contributed by atoms with van der Waals surface area (Å²) in [6.45, 7) is 4.36. The van der Waals surface area contributed by atoms with Crippen LogP contribution in [0.1, 0.15) is 40.7 Å².